The SMILES string of the molecule is Cc1ccc2c(-c3ccccc3)cc(Oc3ccc4c5c6ccccc6ccc5n(-c5ccccn5)c4c3)nc2c1O. The lowest BCUT2D eigenvalue weighted by atomic mass is 9.99. The van der Waals surface area contributed by atoms with Gasteiger partial charge in [0.05, 0.1) is 11.0 Å². The Kier molecular flexibility index (Phi) is 5.44. The molecule has 0 unspecified atom stereocenters. The van der Waals surface area contributed by atoms with Crippen LogP contribution in [0.1, 0.15) is 5.56 Å². The highest BCUT2D eigenvalue weighted by Crippen LogP contribution is 2.40. The van der Waals surface area contributed by atoms with Crippen LogP contribution in [0.25, 0.3) is 60.4 Å². The lowest BCUT2D eigenvalue weighted by molar-refractivity contribution is 0.459. The van der Waals surface area contributed by atoms with Crippen molar-refractivity contribution in [2.75, 3.05) is 0 Å². The Morgan fingerprint density at radius 2 is 1.50 bits per heavy atom. The number of pyridine rings is 2. The largest absolute Gasteiger partial charge is 0.505 e. The van der Waals surface area contributed by atoms with E-state index in [2.05, 4.69) is 59.2 Å². The van der Waals surface area contributed by atoms with Gasteiger partial charge in [0.2, 0.25) is 5.88 Å². The third-order valence-corrected chi connectivity index (χ3v) is 7.95. The standard InChI is InChI=1S/C37H25N3O2/c1-23-14-17-28-30(24-9-3-2-4-10-24)22-34(39-36(28)37(23)41)42-26-16-18-29-32(21-26)40(33-13-7-8-20-38-33)31-19-15-25-11-5-6-12-27(25)35(29)31/h2-22,41H,1H3. The molecule has 5 aromatic carbocycles. The molecule has 0 saturated carbocycles. The highest BCUT2D eigenvalue weighted by atomic mass is 16.5. The summed E-state index contributed by atoms with van der Waals surface area (Å²) < 4.78 is 8.65. The van der Waals surface area contributed by atoms with Crippen LogP contribution in [0.5, 0.6) is 17.4 Å². The zero-order valence-corrected chi connectivity index (χ0v) is 22.8. The number of ether oxygens (including phenoxy) is 1. The van der Waals surface area contributed by atoms with E-state index >= 15 is 0 Å². The molecule has 0 spiro atoms. The Hall–Kier alpha value is -5.68. The molecule has 0 fully saturated rings. The first-order chi connectivity index (χ1) is 20.7. The summed E-state index contributed by atoms with van der Waals surface area (Å²) in [6.07, 6.45) is 1.81. The monoisotopic (exact) mass is 543 g/mol. The fourth-order valence-electron chi connectivity index (χ4n) is 5.95. The molecule has 0 radical (unpaired) electrons. The molecule has 200 valence electrons. The molecule has 0 bridgehead atoms. The van der Waals surface area contributed by atoms with E-state index < -0.39 is 0 Å². The van der Waals surface area contributed by atoms with Crippen LogP contribution in [0, 0.1) is 6.92 Å². The molecule has 5 heteroatoms. The molecule has 1 N–H and O–H groups in total. The molecule has 0 aliphatic heterocycles. The van der Waals surface area contributed by atoms with Crippen LogP contribution < -0.4 is 4.74 Å². The molecule has 0 saturated heterocycles. The van der Waals surface area contributed by atoms with Crippen molar-refractivity contribution in [3.05, 3.63) is 133 Å². The highest BCUT2D eigenvalue weighted by molar-refractivity contribution is 6.21. The van der Waals surface area contributed by atoms with Crippen LogP contribution in [0.15, 0.2) is 128 Å². The number of rotatable bonds is 4. The second-order valence-corrected chi connectivity index (χ2v) is 10.5. The molecule has 0 amide bonds. The van der Waals surface area contributed by atoms with Crippen molar-refractivity contribution >= 4 is 43.5 Å². The minimum atomic E-state index is 0.160. The van der Waals surface area contributed by atoms with Crippen molar-refractivity contribution < 1.29 is 9.84 Å². The predicted octanol–water partition coefficient (Wildman–Crippen LogP) is 9.35. The van der Waals surface area contributed by atoms with Gasteiger partial charge in [-0.05, 0) is 64.7 Å². The number of aromatic nitrogens is 3. The third kappa shape index (κ3) is 3.79. The normalized spacial score (nSPS) is 11.5. The lowest BCUT2D eigenvalue weighted by Crippen LogP contribution is -1.97. The number of fused-ring (bicyclic) bond motifs is 6. The maximum absolute atomic E-state index is 11.0. The first-order valence-corrected chi connectivity index (χ1v) is 13.9. The van der Waals surface area contributed by atoms with Gasteiger partial charge in [-0.15, -0.1) is 0 Å². The molecule has 8 rings (SSSR count). The van der Waals surface area contributed by atoms with E-state index in [1.54, 1.807) is 0 Å². The summed E-state index contributed by atoms with van der Waals surface area (Å²) in [4.78, 5) is 9.46. The number of aromatic hydroxyl groups is 1. The molecule has 3 aromatic heterocycles. The smallest absolute Gasteiger partial charge is 0.220 e. The van der Waals surface area contributed by atoms with Gasteiger partial charge < -0.3 is 9.84 Å². The van der Waals surface area contributed by atoms with Crippen molar-refractivity contribution in [2.45, 2.75) is 6.92 Å². The van der Waals surface area contributed by atoms with Crippen molar-refractivity contribution in [3.8, 4) is 34.3 Å². The van der Waals surface area contributed by atoms with Crippen LogP contribution in [0.3, 0.4) is 0 Å². The number of phenols is 1. The predicted molar refractivity (Wildman–Crippen MR) is 170 cm³/mol. The number of hydrogen-bond donors (Lipinski definition) is 1. The fraction of sp³-hybridized carbons (Fsp3) is 0.0270. The van der Waals surface area contributed by atoms with Crippen LogP contribution in [-0.4, -0.2) is 19.6 Å². The first kappa shape index (κ1) is 24.1. The molecule has 42 heavy (non-hydrogen) atoms. The van der Waals surface area contributed by atoms with Gasteiger partial charge in [-0.3, -0.25) is 4.57 Å². The molecule has 0 aliphatic rings. The second kappa shape index (κ2) is 9.46. The van der Waals surface area contributed by atoms with Gasteiger partial charge in [-0.2, -0.15) is 0 Å². The third-order valence-electron chi connectivity index (χ3n) is 7.95. The highest BCUT2D eigenvalue weighted by Gasteiger charge is 2.18. The van der Waals surface area contributed by atoms with E-state index in [4.69, 9.17) is 14.7 Å². The number of phenolic OH excluding ortho intramolecular Hbond substituents is 1. The topological polar surface area (TPSA) is 60.2 Å². The van der Waals surface area contributed by atoms with Gasteiger partial charge in [0, 0.05) is 34.5 Å². The van der Waals surface area contributed by atoms with E-state index in [1.807, 2.05) is 79.9 Å². The summed E-state index contributed by atoms with van der Waals surface area (Å²) in [7, 11) is 0. The summed E-state index contributed by atoms with van der Waals surface area (Å²) in [6, 6.07) is 40.8. The number of benzene rings is 5. The van der Waals surface area contributed by atoms with Gasteiger partial charge in [-0.25, -0.2) is 9.97 Å². The molecular weight excluding hydrogens is 518 g/mol. The number of nitrogens with zero attached hydrogens (tertiary/aromatic N) is 3. The van der Waals surface area contributed by atoms with Crippen molar-refractivity contribution in [1.82, 2.24) is 14.5 Å². The van der Waals surface area contributed by atoms with Gasteiger partial charge in [0.25, 0.3) is 0 Å². The summed E-state index contributed by atoms with van der Waals surface area (Å²) in [5.41, 5.74) is 5.31. The zero-order valence-electron chi connectivity index (χ0n) is 22.8. The van der Waals surface area contributed by atoms with Gasteiger partial charge >= 0.3 is 0 Å². The Morgan fingerprint density at radius 1 is 0.690 bits per heavy atom. The van der Waals surface area contributed by atoms with E-state index in [9.17, 15) is 5.11 Å². The molecule has 3 heterocycles. The fourth-order valence-corrected chi connectivity index (χ4v) is 5.95. The van der Waals surface area contributed by atoms with Gasteiger partial charge in [0.1, 0.15) is 22.8 Å². The molecule has 0 atom stereocenters. The van der Waals surface area contributed by atoms with E-state index in [0.717, 1.165) is 44.3 Å². The summed E-state index contributed by atoms with van der Waals surface area (Å²) in [5, 5.41) is 16.5. The zero-order chi connectivity index (χ0) is 28.2. The van der Waals surface area contributed by atoms with Gasteiger partial charge in [-0.1, -0.05) is 78.9 Å². The Labute approximate surface area is 241 Å². The van der Waals surface area contributed by atoms with E-state index in [1.165, 1.54) is 16.2 Å². The van der Waals surface area contributed by atoms with E-state index in [0.29, 0.717) is 17.1 Å². The summed E-state index contributed by atoms with van der Waals surface area (Å²) in [5.74, 6) is 2.05. The minimum Gasteiger partial charge on any atom is -0.505 e. The average Bonchev–Trinajstić information content (AvgIpc) is 3.37. The van der Waals surface area contributed by atoms with Crippen molar-refractivity contribution in [1.29, 1.82) is 0 Å². The molecule has 8 aromatic rings. The van der Waals surface area contributed by atoms with Crippen LogP contribution in [0.4, 0.5) is 0 Å². The van der Waals surface area contributed by atoms with Gasteiger partial charge in [0.15, 0.2) is 0 Å². The minimum absolute atomic E-state index is 0.160. The van der Waals surface area contributed by atoms with Crippen LogP contribution in [-0.2, 0) is 0 Å². The lowest BCUT2D eigenvalue weighted by Gasteiger charge is -2.13. The summed E-state index contributed by atoms with van der Waals surface area (Å²) in [6.45, 7) is 1.88. The molecule has 5 nitrogen and oxygen atoms in total. The Balaban J connectivity index is 1.35. The van der Waals surface area contributed by atoms with Crippen LogP contribution >= 0.6 is 0 Å². The molecule has 0 aliphatic carbocycles. The average molecular weight is 544 g/mol. The first-order valence-electron chi connectivity index (χ1n) is 13.9. The quantitative estimate of drug-likeness (QED) is 0.240. The maximum Gasteiger partial charge on any atom is 0.220 e. The second-order valence-electron chi connectivity index (χ2n) is 10.5. The number of hydrogen-bond acceptors (Lipinski definition) is 4. The van der Waals surface area contributed by atoms with Crippen LogP contribution in [0.2, 0.25) is 0 Å². The Morgan fingerprint density at radius 3 is 2.36 bits per heavy atom. The van der Waals surface area contributed by atoms with Crippen molar-refractivity contribution in [2.24, 2.45) is 0 Å². The maximum atomic E-state index is 11.0. The Bertz CT molecular complexity index is 2290. The number of aryl methyl sites for hydroxylation is 1. The van der Waals surface area contributed by atoms with E-state index in [-0.39, 0.29) is 5.75 Å². The van der Waals surface area contributed by atoms with Crippen molar-refractivity contribution in [3.63, 3.8) is 0 Å². The molecular formula is C37H25N3O2. The summed E-state index contributed by atoms with van der Waals surface area (Å²) >= 11 is 0.